The van der Waals surface area contributed by atoms with Crippen molar-refractivity contribution in [1.82, 2.24) is 10.6 Å². The standard InChI is InChI=1S/C15H14N2O3/c18-14(16-7-6-10-3-2-8-20-10)11-4-1-5-12-13(11)9-17-15(12)19/h1-5,8H,6-7,9H2,(H,16,18)(H,17,19). The highest BCUT2D eigenvalue weighted by atomic mass is 16.3. The zero-order valence-corrected chi connectivity index (χ0v) is 10.8. The summed E-state index contributed by atoms with van der Waals surface area (Å²) in [6.07, 6.45) is 2.25. The SMILES string of the molecule is O=C(NCCc1ccco1)c1cccc2c1CNC2=O. The number of nitrogens with one attached hydrogen (secondary N) is 2. The third-order valence-electron chi connectivity index (χ3n) is 3.33. The van der Waals surface area contributed by atoms with Gasteiger partial charge in [-0.25, -0.2) is 0 Å². The van der Waals surface area contributed by atoms with Gasteiger partial charge < -0.3 is 15.1 Å². The molecule has 5 nitrogen and oxygen atoms in total. The number of hydrogen-bond acceptors (Lipinski definition) is 3. The van der Waals surface area contributed by atoms with Crippen molar-refractivity contribution in [2.75, 3.05) is 6.54 Å². The van der Waals surface area contributed by atoms with Crippen LogP contribution in [0.1, 0.15) is 32.0 Å². The fourth-order valence-electron chi connectivity index (χ4n) is 2.32. The Morgan fingerprint density at radius 2 is 2.20 bits per heavy atom. The van der Waals surface area contributed by atoms with Gasteiger partial charge in [0.15, 0.2) is 0 Å². The Hall–Kier alpha value is -2.56. The van der Waals surface area contributed by atoms with Crippen LogP contribution < -0.4 is 10.6 Å². The maximum absolute atomic E-state index is 12.2. The van der Waals surface area contributed by atoms with Crippen LogP contribution in [0.5, 0.6) is 0 Å². The molecular weight excluding hydrogens is 256 g/mol. The van der Waals surface area contributed by atoms with Crippen molar-refractivity contribution in [3.63, 3.8) is 0 Å². The molecule has 0 saturated heterocycles. The van der Waals surface area contributed by atoms with Gasteiger partial charge in [-0.15, -0.1) is 0 Å². The van der Waals surface area contributed by atoms with Crippen LogP contribution in [0.3, 0.4) is 0 Å². The Bertz CT molecular complexity index is 647. The van der Waals surface area contributed by atoms with Gasteiger partial charge in [-0.2, -0.15) is 0 Å². The molecule has 1 aliphatic rings. The fraction of sp³-hybridized carbons (Fsp3) is 0.200. The summed E-state index contributed by atoms with van der Waals surface area (Å²) in [7, 11) is 0. The van der Waals surface area contributed by atoms with Crippen molar-refractivity contribution in [2.45, 2.75) is 13.0 Å². The summed E-state index contributed by atoms with van der Waals surface area (Å²) < 4.78 is 5.20. The van der Waals surface area contributed by atoms with Gasteiger partial charge in [0, 0.05) is 30.6 Å². The van der Waals surface area contributed by atoms with Crippen LogP contribution in [-0.4, -0.2) is 18.4 Å². The molecule has 1 aromatic carbocycles. The van der Waals surface area contributed by atoms with Gasteiger partial charge in [0.05, 0.1) is 6.26 Å². The zero-order chi connectivity index (χ0) is 13.9. The third-order valence-corrected chi connectivity index (χ3v) is 3.33. The van der Waals surface area contributed by atoms with E-state index in [4.69, 9.17) is 4.42 Å². The van der Waals surface area contributed by atoms with Crippen LogP contribution in [0, 0.1) is 0 Å². The van der Waals surface area contributed by atoms with Crippen LogP contribution in [0.2, 0.25) is 0 Å². The summed E-state index contributed by atoms with van der Waals surface area (Å²) in [5, 5.41) is 5.57. The lowest BCUT2D eigenvalue weighted by Crippen LogP contribution is -2.26. The first-order valence-electron chi connectivity index (χ1n) is 6.46. The second kappa shape index (κ2) is 5.21. The van der Waals surface area contributed by atoms with Gasteiger partial charge in [0.25, 0.3) is 11.8 Å². The monoisotopic (exact) mass is 270 g/mol. The predicted octanol–water partition coefficient (Wildman–Crippen LogP) is 1.50. The number of carbonyl (C=O) groups excluding carboxylic acids is 2. The van der Waals surface area contributed by atoms with Crippen molar-refractivity contribution in [2.24, 2.45) is 0 Å². The van der Waals surface area contributed by atoms with Crippen molar-refractivity contribution >= 4 is 11.8 Å². The number of fused-ring (bicyclic) bond motifs is 1. The zero-order valence-electron chi connectivity index (χ0n) is 10.8. The average molecular weight is 270 g/mol. The first kappa shape index (κ1) is 12.5. The summed E-state index contributed by atoms with van der Waals surface area (Å²) in [5.41, 5.74) is 1.91. The fourth-order valence-corrected chi connectivity index (χ4v) is 2.32. The molecule has 5 heteroatoms. The number of benzene rings is 1. The van der Waals surface area contributed by atoms with Crippen molar-refractivity contribution in [3.8, 4) is 0 Å². The Balaban J connectivity index is 1.67. The van der Waals surface area contributed by atoms with Crippen LogP contribution in [-0.2, 0) is 13.0 Å². The molecule has 2 amide bonds. The van der Waals surface area contributed by atoms with E-state index in [1.54, 1.807) is 24.5 Å². The Labute approximate surface area is 116 Å². The average Bonchev–Trinajstić information content (AvgIpc) is 3.09. The smallest absolute Gasteiger partial charge is 0.251 e. The number of amides is 2. The maximum atomic E-state index is 12.2. The van der Waals surface area contributed by atoms with E-state index in [-0.39, 0.29) is 11.8 Å². The summed E-state index contributed by atoms with van der Waals surface area (Å²) in [6, 6.07) is 8.89. The topological polar surface area (TPSA) is 71.3 Å². The van der Waals surface area contributed by atoms with Gasteiger partial charge in [-0.05, 0) is 29.8 Å². The Morgan fingerprint density at radius 3 is 3.00 bits per heavy atom. The number of hydrogen-bond donors (Lipinski definition) is 2. The highest BCUT2D eigenvalue weighted by Gasteiger charge is 2.23. The highest BCUT2D eigenvalue weighted by molar-refractivity contribution is 6.04. The number of furan rings is 1. The molecule has 1 aliphatic heterocycles. The van der Waals surface area contributed by atoms with E-state index >= 15 is 0 Å². The van der Waals surface area contributed by atoms with E-state index < -0.39 is 0 Å². The van der Waals surface area contributed by atoms with Gasteiger partial charge in [-0.3, -0.25) is 9.59 Å². The lowest BCUT2D eigenvalue weighted by atomic mass is 10.0. The van der Waals surface area contributed by atoms with Gasteiger partial charge in [-0.1, -0.05) is 6.07 Å². The molecule has 0 saturated carbocycles. The molecule has 1 aromatic heterocycles. The quantitative estimate of drug-likeness (QED) is 0.884. The van der Waals surface area contributed by atoms with E-state index in [1.807, 2.05) is 12.1 Å². The maximum Gasteiger partial charge on any atom is 0.251 e. The van der Waals surface area contributed by atoms with Gasteiger partial charge in [0.1, 0.15) is 5.76 Å². The van der Waals surface area contributed by atoms with E-state index in [0.717, 1.165) is 11.3 Å². The molecule has 0 aliphatic carbocycles. The minimum absolute atomic E-state index is 0.120. The first-order chi connectivity index (χ1) is 9.75. The van der Waals surface area contributed by atoms with Crippen LogP contribution in [0.4, 0.5) is 0 Å². The molecular formula is C15H14N2O3. The second-order valence-electron chi connectivity index (χ2n) is 4.60. The van der Waals surface area contributed by atoms with Crippen molar-refractivity contribution in [1.29, 1.82) is 0 Å². The second-order valence-corrected chi connectivity index (χ2v) is 4.60. The third kappa shape index (κ3) is 2.30. The van der Waals surface area contributed by atoms with E-state index in [0.29, 0.717) is 30.6 Å². The van der Waals surface area contributed by atoms with Crippen molar-refractivity contribution < 1.29 is 14.0 Å². The van der Waals surface area contributed by atoms with Crippen LogP contribution in [0.25, 0.3) is 0 Å². The minimum atomic E-state index is -0.162. The Morgan fingerprint density at radius 1 is 1.30 bits per heavy atom. The number of rotatable bonds is 4. The van der Waals surface area contributed by atoms with E-state index in [9.17, 15) is 9.59 Å². The largest absolute Gasteiger partial charge is 0.469 e. The molecule has 0 atom stereocenters. The summed E-state index contributed by atoms with van der Waals surface area (Å²) in [5.74, 6) is 0.551. The lowest BCUT2D eigenvalue weighted by molar-refractivity contribution is 0.0949. The molecule has 0 spiro atoms. The normalized spacial score (nSPS) is 12.9. The lowest BCUT2D eigenvalue weighted by Gasteiger charge is -2.07. The summed E-state index contributed by atoms with van der Waals surface area (Å²) in [6.45, 7) is 0.910. The minimum Gasteiger partial charge on any atom is -0.469 e. The van der Waals surface area contributed by atoms with Gasteiger partial charge >= 0.3 is 0 Å². The molecule has 0 radical (unpaired) electrons. The molecule has 102 valence electrons. The summed E-state index contributed by atoms with van der Waals surface area (Å²) in [4.78, 5) is 23.7. The molecule has 3 rings (SSSR count). The molecule has 2 N–H and O–H groups in total. The van der Waals surface area contributed by atoms with Gasteiger partial charge in [0.2, 0.25) is 0 Å². The first-order valence-corrected chi connectivity index (χ1v) is 6.46. The Kier molecular flexibility index (Phi) is 3.25. The number of carbonyl (C=O) groups is 2. The van der Waals surface area contributed by atoms with Crippen LogP contribution >= 0.6 is 0 Å². The molecule has 0 unspecified atom stereocenters. The van der Waals surface area contributed by atoms with E-state index in [2.05, 4.69) is 10.6 Å². The molecule has 20 heavy (non-hydrogen) atoms. The van der Waals surface area contributed by atoms with Crippen LogP contribution in [0.15, 0.2) is 41.0 Å². The molecule has 2 aromatic rings. The summed E-state index contributed by atoms with van der Waals surface area (Å²) >= 11 is 0. The molecule has 2 heterocycles. The highest BCUT2D eigenvalue weighted by Crippen LogP contribution is 2.19. The predicted molar refractivity (Wildman–Crippen MR) is 72.4 cm³/mol. The van der Waals surface area contributed by atoms with E-state index in [1.165, 1.54) is 0 Å². The molecule has 0 fully saturated rings. The van der Waals surface area contributed by atoms with Crippen molar-refractivity contribution in [3.05, 3.63) is 59.0 Å². The molecule has 0 bridgehead atoms.